The Balaban J connectivity index is 2.25. The van der Waals surface area contributed by atoms with E-state index in [-0.39, 0.29) is 0 Å². The average molecular weight is 193 g/mol. The zero-order valence-corrected chi connectivity index (χ0v) is 8.91. The van der Waals surface area contributed by atoms with Crippen molar-refractivity contribution in [3.63, 3.8) is 0 Å². The molecule has 0 saturated carbocycles. The number of nitrogens with zero attached hydrogens (tertiary/aromatic N) is 1. The molecule has 1 fully saturated rings. The predicted molar refractivity (Wildman–Crippen MR) is 60.4 cm³/mol. The molecule has 0 bridgehead atoms. The highest BCUT2D eigenvalue weighted by Crippen LogP contribution is 2.02. The van der Waals surface area contributed by atoms with E-state index >= 15 is 0 Å². The van der Waals surface area contributed by atoms with Gasteiger partial charge in [0, 0.05) is 19.6 Å². The molecule has 1 aliphatic rings. The summed E-state index contributed by atoms with van der Waals surface area (Å²) in [6.07, 6.45) is 8.13. The third-order valence-corrected chi connectivity index (χ3v) is 2.17. The van der Waals surface area contributed by atoms with E-state index in [9.17, 15) is 0 Å². The zero-order chi connectivity index (χ0) is 10.2. The summed E-state index contributed by atoms with van der Waals surface area (Å²) in [6.45, 7) is 10.7. The van der Waals surface area contributed by atoms with Crippen molar-refractivity contribution in [2.45, 2.75) is 6.92 Å². The summed E-state index contributed by atoms with van der Waals surface area (Å²) < 4.78 is 5.28. The Morgan fingerprint density at radius 3 is 2.71 bits per heavy atom. The number of ether oxygens (including phenoxy) is 1. The van der Waals surface area contributed by atoms with Crippen LogP contribution in [0.1, 0.15) is 6.92 Å². The van der Waals surface area contributed by atoms with Gasteiger partial charge >= 0.3 is 0 Å². The van der Waals surface area contributed by atoms with E-state index in [4.69, 9.17) is 4.74 Å². The average Bonchev–Trinajstić information content (AvgIpc) is 2.20. The highest BCUT2D eigenvalue weighted by molar-refractivity contribution is 5.20. The summed E-state index contributed by atoms with van der Waals surface area (Å²) >= 11 is 0. The minimum absolute atomic E-state index is 0.853. The van der Waals surface area contributed by atoms with Crippen molar-refractivity contribution in [3.8, 4) is 0 Å². The van der Waals surface area contributed by atoms with Crippen LogP contribution in [0.4, 0.5) is 0 Å². The Kier molecular flexibility index (Phi) is 5.27. The van der Waals surface area contributed by atoms with Crippen LogP contribution in [0.5, 0.6) is 0 Å². The lowest BCUT2D eigenvalue weighted by atomic mass is 10.2. The molecule has 0 unspecified atom stereocenters. The maximum atomic E-state index is 5.28. The van der Waals surface area contributed by atoms with E-state index in [0.717, 1.165) is 38.4 Å². The summed E-state index contributed by atoms with van der Waals surface area (Å²) in [7, 11) is 0. The van der Waals surface area contributed by atoms with Gasteiger partial charge in [0.2, 0.25) is 0 Å². The van der Waals surface area contributed by atoms with Gasteiger partial charge in [0.1, 0.15) is 0 Å². The summed E-state index contributed by atoms with van der Waals surface area (Å²) in [5, 5.41) is 0. The highest BCUT2D eigenvalue weighted by Gasteiger charge is 2.09. The molecule has 1 rings (SSSR count). The fourth-order valence-corrected chi connectivity index (χ4v) is 1.40. The standard InChI is InChI=1S/C12H19NO/c1-3-4-5-6-12(2)11-13-7-9-14-10-8-13/h3-6H,2,7-11H2,1H3/b4-3-,6-5-. The van der Waals surface area contributed by atoms with Crippen LogP contribution < -0.4 is 0 Å². The maximum absolute atomic E-state index is 5.28. The van der Waals surface area contributed by atoms with Crippen LogP contribution in [0.2, 0.25) is 0 Å². The van der Waals surface area contributed by atoms with Gasteiger partial charge in [-0.15, -0.1) is 0 Å². The highest BCUT2D eigenvalue weighted by atomic mass is 16.5. The van der Waals surface area contributed by atoms with Gasteiger partial charge in [-0.2, -0.15) is 0 Å². The molecule has 2 heteroatoms. The smallest absolute Gasteiger partial charge is 0.0594 e. The summed E-state index contributed by atoms with van der Waals surface area (Å²) in [5.41, 5.74) is 1.16. The van der Waals surface area contributed by atoms with E-state index in [1.54, 1.807) is 0 Å². The van der Waals surface area contributed by atoms with Crippen molar-refractivity contribution >= 4 is 0 Å². The van der Waals surface area contributed by atoms with Crippen molar-refractivity contribution in [2.24, 2.45) is 0 Å². The fraction of sp³-hybridized carbons (Fsp3) is 0.500. The monoisotopic (exact) mass is 193 g/mol. The van der Waals surface area contributed by atoms with Gasteiger partial charge in [-0.1, -0.05) is 30.9 Å². The molecule has 0 radical (unpaired) electrons. The number of hydrogen-bond acceptors (Lipinski definition) is 2. The second kappa shape index (κ2) is 6.57. The first-order valence-corrected chi connectivity index (χ1v) is 5.10. The molecule has 1 saturated heterocycles. The Morgan fingerprint density at radius 1 is 1.36 bits per heavy atom. The lowest BCUT2D eigenvalue weighted by Gasteiger charge is -2.26. The van der Waals surface area contributed by atoms with E-state index in [2.05, 4.69) is 17.6 Å². The van der Waals surface area contributed by atoms with Gasteiger partial charge < -0.3 is 4.74 Å². The van der Waals surface area contributed by atoms with Crippen LogP contribution in [-0.4, -0.2) is 37.7 Å². The Bertz CT molecular complexity index is 224. The molecule has 2 nitrogen and oxygen atoms in total. The van der Waals surface area contributed by atoms with Crippen molar-refractivity contribution in [2.75, 3.05) is 32.8 Å². The zero-order valence-electron chi connectivity index (χ0n) is 8.91. The Hall–Kier alpha value is -0.860. The van der Waals surface area contributed by atoms with Gasteiger partial charge in [0.15, 0.2) is 0 Å². The molecule has 0 aliphatic carbocycles. The third-order valence-electron chi connectivity index (χ3n) is 2.17. The van der Waals surface area contributed by atoms with Crippen molar-refractivity contribution in [1.29, 1.82) is 0 Å². The summed E-state index contributed by atoms with van der Waals surface area (Å²) in [5.74, 6) is 0. The third kappa shape index (κ3) is 4.40. The van der Waals surface area contributed by atoms with Crippen LogP contribution in [0.25, 0.3) is 0 Å². The minimum Gasteiger partial charge on any atom is -0.379 e. The van der Waals surface area contributed by atoms with E-state index < -0.39 is 0 Å². The second-order valence-electron chi connectivity index (χ2n) is 3.43. The van der Waals surface area contributed by atoms with Gasteiger partial charge in [0.05, 0.1) is 13.2 Å². The molecule has 1 heterocycles. The van der Waals surface area contributed by atoms with Crippen LogP contribution in [0, 0.1) is 0 Å². The predicted octanol–water partition coefficient (Wildman–Crippen LogP) is 2.01. The normalized spacial score (nSPS) is 19.5. The maximum Gasteiger partial charge on any atom is 0.0594 e. The van der Waals surface area contributed by atoms with Crippen LogP contribution in [0.15, 0.2) is 36.5 Å². The van der Waals surface area contributed by atoms with Gasteiger partial charge in [-0.3, -0.25) is 4.90 Å². The molecule has 0 N–H and O–H groups in total. The molecule has 0 spiro atoms. The second-order valence-corrected chi connectivity index (χ2v) is 3.43. The molecule has 0 aromatic rings. The number of allylic oxidation sites excluding steroid dienone is 3. The van der Waals surface area contributed by atoms with E-state index in [1.165, 1.54) is 0 Å². The molecular weight excluding hydrogens is 174 g/mol. The lowest BCUT2D eigenvalue weighted by Crippen LogP contribution is -2.37. The quantitative estimate of drug-likeness (QED) is 0.633. The van der Waals surface area contributed by atoms with Crippen molar-refractivity contribution in [3.05, 3.63) is 36.5 Å². The molecule has 0 amide bonds. The van der Waals surface area contributed by atoms with Crippen molar-refractivity contribution in [1.82, 2.24) is 4.90 Å². The van der Waals surface area contributed by atoms with E-state index in [0.29, 0.717) is 0 Å². The van der Waals surface area contributed by atoms with Crippen LogP contribution >= 0.6 is 0 Å². The first-order chi connectivity index (χ1) is 6.83. The SMILES string of the molecule is C=C(/C=C\C=C/C)CN1CCOCC1. The van der Waals surface area contributed by atoms with Gasteiger partial charge in [0.25, 0.3) is 0 Å². The molecule has 0 atom stereocenters. The first kappa shape index (κ1) is 11.2. The number of morpholine rings is 1. The van der Waals surface area contributed by atoms with Crippen LogP contribution in [-0.2, 0) is 4.74 Å². The van der Waals surface area contributed by atoms with Crippen LogP contribution in [0.3, 0.4) is 0 Å². The Labute approximate surface area is 86.6 Å². The molecule has 78 valence electrons. The first-order valence-electron chi connectivity index (χ1n) is 5.10. The molecular formula is C12H19NO. The minimum atomic E-state index is 0.853. The largest absolute Gasteiger partial charge is 0.379 e. The summed E-state index contributed by atoms with van der Waals surface area (Å²) in [6, 6.07) is 0. The molecule has 0 aromatic carbocycles. The summed E-state index contributed by atoms with van der Waals surface area (Å²) in [4.78, 5) is 2.37. The topological polar surface area (TPSA) is 12.5 Å². The Morgan fingerprint density at radius 2 is 2.07 bits per heavy atom. The van der Waals surface area contributed by atoms with Gasteiger partial charge in [-0.25, -0.2) is 0 Å². The fourth-order valence-electron chi connectivity index (χ4n) is 1.40. The number of hydrogen-bond donors (Lipinski definition) is 0. The van der Waals surface area contributed by atoms with Gasteiger partial charge in [-0.05, 0) is 12.5 Å². The molecule has 14 heavy (non-hydrogen) atoms. The number of rotatable bonds is 4. The lowest BCUT2D eigenvalue weighted by molar-refractivity contribution is 0.0426. The van der Waals surface area contributed by atoms with Crippen molar-refractivity contribution < 1.29 is 4.74 Å². The van der Waals surface area contributed by atoms with E-state index in [1.807, 2.05) is 25.2 Å². The molecule has 0 aromatic heterocycles. The molecule has 1 aliphatic heterocycles.